The third-order valence-corrected chi connectivity index (χ3v) is 3.52. The molecule has 1 heterocycles. The molecule has 1 atom stereocenters. The van der Waals surface area contributed by atoms with Crippen LogP contribution >= 0.6 is 0 Å². The lowest BCUT2D eigenvalue weighted by atomic mass is 9.94. The molecule has 1 saturated heterocycles. The van der Waals surface area contributed by atoms with Crippen molar-refractivity contribution in [1.82, 2.24) is 5.32 Å². The maximum Gasteiger partial charge on any atom is 0.271 e. The molecule has 108 valence electrons. The van der Waals surface area contributed by atoms with Crippen molar-refractivity contribution in [3.63, 3.8) is 0 Å². The van der Waals surface area contributed by atoms with Gasteiger partial charge in [-0.3, -0.25) is 14.9 Å². The molecule has 0 saturated carbocycles. The zero-order chi connectivity index (χ0) is 14.4. The number of rotatable bonds is 5. The van der Waals surface area contributed by atoms with E-state index >= 15 is 0 Å². The van der Waals surface area contributed by atoms with Gasteiger partial charge in [0.2, 0.25) is 5.91 Å². The molecule has 1 aromatic rings. The van der Waals surface area contributed by atoms with Crippen molar-refractivity contribution in [2.45, 2.75) is 25.7 Å². The fraction of sp³-hybridized carbons (Fsp3) is 0.500. The van der Waals surface area contributed by atoms with Gasteiger partial charge in [-0.05, 0) is 44.3 Å². The maximum absolute atomic E-state index is 11.8. The molecule has 1 aliphatic rings. The summed E-state index contributed by atoms with van der Waals surface area (Å²) in [6.45, 7) is 2.04. The maximum atomic E-state index is 11.8. The minimum Gasteiger partial charge on any atom is -0.326 e. The first-order valence-corrected chi connectivity index (χ1v) is 6.90. The number of anilines is 1. The molecule has 2 N–H and O–H groups in total. The molecule has 1 aromatic carbocycles. The van der Waals surface area contributed by atoms with E-state index in [1.165, 1.54) is 12.1 Å². The average molecular weight is 277 g/mol. The number of amides is 1. The van der Waals surface area contributed by atoms with Crippen molar-refractivity contribution in [2.75, 3.05) is 18.4 Å². The highest BCUT2D eigenvalue weighted by molar-refractivity contribution is 5.90. The molecule has 1 unspecified atom stereocenters. The highest BCUT2D eigenvalue weighted by Gasteiger charge is 2.15. The molecular formula is C14H19N3O3. The normalized spacial score (nSPS) is 18.5. The Labute approximate surface area is 117 Å². The highest BCUT2D eigenvalue weighted by Crippen LogP contribution is 2.19. The summed E-state index contributed by atoms with van der Waals surface area (Å²) in [5, 5.41) is 16.7. The number of piperidine rings is 1. The number of nitro groups is 1. The van der Waals surface area contributed by atoms with Crippen LogP contribution in [0.2, 0.25) is 0 Å². The van der Waals surface area contributed by atoms with E-state index < -0.39 is 4.92 Å². The highest BCUT2D eigenvalue weighted by atomic mass is 16.6. The van der Waals surface area contributed by atoms with Gasteiger partial charge in [0.15, 0.2) is 0 Å². The number of hydrogen-bond acceptors (Lipinski definition) is 4. The van der Waals surface area contributed by atoms with Crippen LogP contribution in [0.5, 0.6) is 0 Å². The smallest absolute Gasteiger partial charge is 0.271 e. The van der Waals surface area contributed by atoms with Gasteiger partial charge in [-0.2, -0.15) is 0 Å². The van der Waals surface area contributed by atoms with E-state index in [0.717, 1.165) is 32.4 Å². The number of benzene rings is 1. The van der Waals surface area contributed by atoms with Crippen LogP contribution in [0.1, 0.15) is 25.7 Å². The fourth-order valence-electron chi connectivity index (χ4n) is 2.43. The van der Waals surface area contributed by atoms with E-state index in [2.05, 4.69) is 10.6 Å². The van der Waals surface area contributed by atoms with Crippen molar-refractivity contribution in [3.05, 3.63) is 34.4 Å². The number of carbonyl (C=O) groups excluding carboxylic acids is 1. The lowest BCUT2D eigenvalue weighted by Gasteiger charge is -2.22. The number of nitrogens with zero attached hydrogens (tertiary/aromatic N) is 1. The number of carbonyl (C=O) groups is 1. The molecule has 0 bridgehead atoms. The monoisotopic (exact) mass is 277 g/mol. The van der Waals surface area contributed by atoms with Crippen molar-refractivity contribution < 1.29 is 9.72 Å². The van der Waals surface area contributed by atoms with Gasteiger partial charge in [0.1, 0.15) is 0 Å². The molecular weight excluding hydrogens is 258 g/mol. The number of nitro benzene ring substituents is 1. The van der Waals surface area contributed by atoms with Gasteiger partial charge in [-0.1, -0.05) is 6.07 Å². The van der Waals surface area contributed by atoms with Crippen molar-refractivity contribution in [3.8, 4) is 0 Å². The van der Waals surface area contributed by atoms with E-state index in [1.54, 1.807) is 12.1 Å². The number of non-ortho nitro benzene ring substituents is 1. The second-order valence-corrected chi connectivity index (χ2v) is 5.11. The second-order valence-electron chi connectivity index (χ2n) is 5.11. The van der Waals surface area contributed by atoms with Crippen LogP contribution in [-0.4, -0.2) is 23.9 Å². The zero-order valence-electron chi connectivity index (χ0n) is 11.3. The molecule has 0 aromatic heterocycles. The zero-order valence-corrected chi connectivity index (χ0v) is 11.3. The van der Waals surface area contributed by atoms with Gasteiger partial charge in [-0.25, -0.2) is 0 Å². The predicted molar refractivity (Wildman–Crippen MR) is 76.6 cm³/mol. The summed E-state index contributed by atoms with van der Waals surface area (Å²) in [5.41, 5.74) is 0.463. The van der Waals surface area contributed by atoms with E-state index in [-0.39, 0.29) is 11.6 Å². The summed E-state index contributed by atoms with van der Waals surface area (Å²) >= 11 is 0. The minimum atomic E-state index is -0.469. The van der Waals surface area contributed by atoms with Crippen LogP contribution in [0.4, 0.5) is 11.4 Å². The fourth-order valence-corrected chi connectivity index (χ4v) is 2.43. The van der Waals surface area contributed by atoms with Gasteiger partial charge in [-0.15, -0.1) is 0 Å². The summed E-state index contributed by atoms with van der Waals surface area (Å²) in [7, 11) is 0. The van der Waals surface area contributed by atoms with E-state index in [4.69, 9.17) is 0 Å². The first-order valence-electron chi connectivity index (χ1n) is 6.90. The van der Waals surface area contributed by atoms with Crippen LogP contribution in [0.25, 0.3) is 0 Å². The van der Waals surface area contributed by atoms with Crippen molar-refractivity contribution in [1.29, 1.82) is 0 Å². The quantitative estimate of drug-likeness (QED) is 0.639. The molecule has 1 amide bonds. The molecule has 0 aliphatic carbocycles. The van der Waals surface area contributed by atoms with Gasteiger partial charge >= 0.3 is 0 Å². The van der Waals surface area contributed by atoms with Crippen LogP contribution < -0.4 is 10.6 Å². The molecule has 6 nitrogen and oxygen atoms in total. The largest absolute Gasteiger partial charge is 0.326 e. The second kappa shape index (κ2) is 7.00. The van der Waals surface area contributed by atoms with Crippen LogP contribution in [-0.2, 0) is 4.79 Å². The van der Waals surface area contributed by atoms with Crippen LogP contribution in [0.15, 0.2) is 24.3 Å². The Morgan fingerprint density at radius 1 is 1.50 bits per heavy atom. The molecule has 6 heteroatoms. The van der Waals surface area contributed by atoms with Gasteiger partial charge in [0.25, 0.3) is 5.69 Å². The SMILES string of the molecule is O=C(CCC1CCCNC1)Nc1cccc([N+](=O)[O-])c1. The summed E-state index contributed by atoms with van der Waals surface area (Å²) < 4.78 is 0. The molecule has 0 radical (unpaired) electrons. The Bertz CT molecular complexity index is 484. The molecule has 0 spiro atoms. The Morgan fingerprint density at radius 2 is 2.35 bits per heavy atom. The van der Waals surface area contributed by atoms with E-state index in [9.17, 15) is 14.9 Å². The molecule has 20 heavy (non-hydrogen) atoms. The average Bonchev–Trinajstić information content (AvgIpc) is 2.46. The van der Waals surface area contributed by atoms with Gasteiger partial charge < -0.3 is 10.6 Å². The summed E-state index contributed by atoms with van der Waals surface area (Å²) in [6.07, 6.45) is 3.64. The van der Waals surface area contributed by atoms with Gasteiger partial charge in [0, 0.05) is 24.2 Å². The summed E-state index contributed by atoms with van der Waals surface area (Å²) in [4.78, 5) is 22.0. The van der Waals surface area contributed by atoms with E-state index in [1.807, 2.05) is 0 Å². The number of nitrogens with one attached hydrogen (secondary N) is 2. The molecule has 1 aliphatic heterocycles. The predicted octanol–water partition coefficient (Wildman–Crippen LogP) is 2.31. The number of hydrogen-bond donors (Lipinski definition) is 2. The van der Waals surface area contributed by atoms with Crippen molar-refractivity contribution >= 4 is 17.3 Å². The van der Waals surface area contributed by atoms with Gasteiger partial charge in [0.05, 0.1) is 4.92 Å². The standard InChI is InChI=1S/C14H19N3O3/c18-14(7-6-11-3-2-8-15-10-11)16-12-4-1-5-13(9-12)17(19)20/h1,4-5,9,11,15H,2-3,6-8,10H2,(H,16,18). The summed E-state index contributed by atoms with van der Waals surface area (Å²) in [6, 6.07) is 6.01. The Balaban J connectivity index is 1.81. The first kappa shape index (κ1) is 14.5. The molecule has 2 rings (SSSR count). The topological polar surface area (TPSA) is 84.3 Å². The minimum absolute atomic E-state index is 0.0146. The molecule has 1 fully saturated rings. The third kappa shape index (κ3) is 4.31. The van der Waals surface area contributed by atoms with Crippen LogP contribution in [0, 0.1) is 16.0 Å². The Kier molecular flexibility index (Phi) is 5.06. The lowest BCUT2D eigenvalue weighted by Crippen LogP contribution is -2.30. The third-order valence-electron chi connectivity index (χ3n) is 3.52. The Morgan fingerprint density at radius 3 is 3.05 bits per heavy atom. The van der Waals surface area contributed by atoms with Crippen molar-refractivity contribution in [2.24, 2.45) is 5.92 Å². The lowest BCUT2D eigenvalue weighted by molar-refractivity contribution is -0.384. The Hall–Kier alpha value is -1.95. The van der Waals surface area contributed by atoms with Crippen LogP contribution in [0.3, 0.4) is 0 Å². The van der Waals surface area contributed by atoms with E-state index in [0.29, 0.717) is 18.0 Å². The first-order chi connectivity index (χ1) is 9.65. The summed E-state index contributed by atoms with van der Waals surface area (Å²) in [5.74, 6) is 0.468.